The fourth-order valence-corrected chi connectivity index (χ4v) is 9.04. The number of benzene rings is 4. The minimum Gasteiger partial charge on any atom is -1.00 e. The third-order valence-corrected chi connectivity index (χ3v) is 12.6. The Bertz CT molecular complexity index is 3720. The SMILES string of the molecule is C.Cl.O=CO[O-].[2H]c1c(OCCCCBr)c([2H])c2[nH]c(=O)c([2H])c([2H])c2c1[2H].[2H]c1cc([2H])c2sccc2c1N1CCN(CCCCOc2c([2H])c([2H])c3c([2H])c([2H])c(=O)[nH]c3c2[2H])CC1.[2H]c1cc([2H])c2sccc2c1N1CCNCC1.[H-].[K+].[K+]. The second-order valence-corrected chi connectivity index (χ2v) is 17.4. The van der Waals surface area contributed by atoms with Crippen LogP contribution in [0.15, 0.2) is 129 Å². The van der Waals surface area contributed by atoms with Gasteiger partial charge in [-0.2, -0.15) is 0 Å². The molecule has 0 aliphatic carbocycles. The number of anilines is 2. The van der Waals surface area contributed by atoms with Crippen molar-refractivity contribution in [3.8, 4) is 11.5 Å². The normalized spacial score (nSPS) is 15.8. The second kappa shape index (κ2) is 34.4. The van der Waals surface area contributed by atoms with Gasteiger partial charge in [-0.05, 0) is 126 Å². The van der Waals surface area contributed by atoms with E-state index < -0.39 is 35.3 Å². The van der Waals surface area contributed by atoms with Crippen molar-refractivity contribution in [1.82, 2.24) is 20.2 Å². The average molecular weight is 1150 g/mol. The molecule has 19 heteroatoms. The van der Waals surface area contributed by atoms with Crippen LogP contribution >= 0.6 is 51.0 Å². The molecule has 0 radical (unpaired) electrons. The number of pyridine rings is 2. The van der Waals surface area contributed by atoms with Gasteiger partial charge < -0.3 is 46.1 Å². The molecule has 71 heavy (non-hydrogen) atoms. The molecule has 0 unspecified atom stereocenters. The molecule has 0 amide bonds. The van der Waals surface area contributed by atoms with Gasteiger partial charge in [0.05, 0.1) is 43.4 Å². The van der Waals surface area contributed by atoms with Crippen LogP contribution in [0.4, 0.5) is 11.4 Å². The Morgan fingerprint density at radius 1 is 0.676 bits per heavy atom. The summed E-state index contributed by atoms with van der Waals surface area (Å²) in [5.74, 6) is -0.187. The maximum absolute atomic E-state index is 11.9. The maximum Gasteiger partial charge on any atom is 1.00 e. The van der Waals surface area contributed by atoms with Crippen LogP contribution in [-0.2, 0) is 9.68 Å². The van der Waals surface area contributed by atoms with Gasteiger partial charge in [-0.25, -0.2) is 0 Å². The molecule has 0 spiro atoms. The van der Waals surface area contributed by atoms with Crippen molar-refractivity contribution < 1.29 is 148 Å². The van der Waals surface area contributed by atoms with E-state index in [0.29, 0.717) is 37.2 Å². The van der Waals surface area contributed by atoms with E-state index in [1.807, 2.05) is 22.9 Å². The molecular weight excluding hydrogens is 1080 g/mol. The van der Waals surface area contributed by atoms with Crippen LogP contribution in [0.25, 0.3) is 42.0 Å². The number of fused-ring (bicyclic) bond motifs is 4. The van der Waals surface area contributed by atoms with Gasteiger partial charge in [-0.3, -0.25) is 19.3 Å². The van der Waals surface area contributed by atoms with Crippen molar-refractivity contribution in [2.45, 2.75) is 33.1 Å². The molecule has 2 aliphatic heterocycles. The van der Waals surface area contributed by atoms with Gasteiger partial charge in [0.1, 0.15) is 11.5 Å². The molecule has 2 saturated heterocycles. The molecule has 370 valence electrons. The smallest absolute Gasteiger partial charge is 1.00 e. The molecule has 6 heterocycles. The predicted molar refractivity (Wildman–Crippen MR) is 292 cm³/mol. The summed E-state index contributed by atoms with van der Waals surface area (Å²) in [5.41, 5.74) is 0.198. The monoisotopic (exact) mass is 1150 g/mol. The van der Waals surface area contributed by atoms with E-state index in [-0.39, 0.29) is 207 Å². The van der Waals surface area contributed by atoms with Gasteiger partial charge in [0, 0.05) is 113 Å². The Balaban J connectivity index is 0.000000448. The number of hydrogen-bond donors (Lipinski definition) is 3. The molecule has 3 N–H and O–H groups in total. The van der Waals surface area contributed by atoms with E-state index in [1.54, 1.807) is 23.5 Å². The number of piperazine rings is 2. The summed E-state index contributed by atoms with van der Waals surface area (Å²) in [7, 11) is 0. The average Bonchev–Trinajstić information content (AvgIpc) is 2.44. The number of aromatic nitrogens is 2. The Morgan fingerprint density at radius 3 is 1.62 bits per heavy atom. The van der Waals surface area contributed by atoms with E-state index in [4.69, 9.17) is 38.7 Å². The summed E-state index contributed by atoms with van der Waals surface area (Å²) in [6, 6.07) is 5.19. The topological polar surface area (TPSA) is 155 Å². The molecule has 0 bridgehead atoms. The molecule has 4 aromatic heterocycles. The number of nitrogens with zero attached hydrogens (tertiary/aromatic N) is 3. The number of unbranched alkanes of at least 4 members (excludes halogenated alkanes) is 2. The molecule has 0 atom stereocenters. The van der Waals surface area contributed by atoms with Crippen LogP contribution in [0.3, 0.4) is 0 Å². The number of hydrogen-bond acceptors (Lipinski definition) is 13. The number of carbonyl (C=O) groups excluding carboxylic acids is 1. The van der Waals surface area contributed by atoms with Crippen LogP contribution in [0, 0.1) is 0 Å². The minimum atomic E-state index is -0.814. The van der Waals surface area contributed by atoms with E-state index in [0.717, 1.165) is 115 Å². The zero-order valence-corrected chi connectivity index (χ0v) is 48.9. The zero-order valence-electron chi connectivity index (χ0n) is 53.7. The number of alkyl halides is 1. The Hall–Kier alpha value is -2.19. The first-order valence-corrected chi connectivity index (χ1v) is 24.3. The largest absolute Gasteiger partial charge is 1.00 e. The number of halogens is 2. The first kappa shape index (κ1) is 44.0. The molecule has 2 fully saturated rings. The Morgan fingerprint density at radius 2 is 1.14 bits per heavy atom. The summed E-state index contributed by atoms with van der Waals surface area (Å²) in [6.45, 7) is 8.34. The molecule has 4 aromatic carbocycles. The first-order chi connectivity index (χ1) is 38.8. The molecule has 13 nitrogen and oxygen atoms in total. The van der Waals surface area contributed by atoms with Crippen molar-refractivity contribution in [3.05, 3.63) is 140 Å². The first-order valence-electron chi connectivity index (χ1n) is 28.4. The van der Waals surface area contributed by atoms with Crippen LogP contribution in [0.5, 0.6) is 11.5 Å². The number of H-pyrrole nitrogens is 2. The van der Waals surface area contributed by atoms with Crippen LogP contribution in [-0.4, -0.2) is 98.8 Å². The fourth-order valence-electron chi connectivity index (χ4n) is 7.13. The molecule has 10 rings (SSSR count). The number of rotatable bonds is 14. The van der Waals surface area contributed by atoms with Gasteiger partial charge >= 0.3 is 103 Å². The van der Waals surface area contributed by atoms with Gasteiger partial charge in [0.15, 0.2) is 0 Å². The van der Waals surface area contributed by atoms with Crippen molar-refractivity contribution in [1.29, 1.82) is 0 Å². The third-order valence-electron chi connectivity index (χ3n) is 10.4. The maximum atomic E-state index is 11.9. The summed E-state index contributed by atoms with van der Waals surface area (Å²) in [5, 5.41) is 18.4. The summed E-state index contributed by atoms with van der Waals surface area (Å²) in [6.07, 6.45) is 3.11. The summed E-state index contributed by atoms with van der Waals surface area (Å²) >= 11 is 6.42. The van der Waals surface area contributed by atoms with Crippen molar-refractivity contribution >= 4 is 111 Å². The minimum absolute atomic E-state index is 0. The van der Waals surface area contributed by atoms with Crippen LogP contribution < -0.4 is 144 Å². The van der Waals surface area contributed by atoms with Gasteiger partial charge in [0.2, 0.25) is 11.1 Å². The van der Waals surface area contributed by atoms with Gasteiger partial charge in [-0.15, -0.1) is 35.1 Å². The van der Waals surface area contributed by atoms with E-state index in [1.165, 1.54) is 11.3 Å². The second-order valence-electron chi connectivity index (χ2n) is 14.8. The van der Waals surface area contributed by atoms with Crippen LogP contribution in [0.2, 0.25) is 0 Å². The fraction of sp³-hybridized carbons (Fsp3) is 0.327. The third kappa shape index (κ3) is 19.5. The van der Waals surface area contributed by atoms with E-state index >= 15 is 0 Å². The van der Waals surface area contributed by atoms with Gasteiger partial charge in [0.25, 0.3) is 6.47 Å². The molecule has 0 saturated carbocycles. The van der Waals surface area contributed by atoms with E-state index in [9.17, 15) is 9.59 Å². The molecule has 2 aliphatic rings. The number of ether oxygens (including phenoxy) is 2. The number of thiophene rings is 2. The summed E-state index contributed by atoms with van der Waals surface area (Å²) < 4.78 is 125. The summed E-state index contributed by atoms with van der Waals surface area (Å²) in [4.78, 5) is 46.3. The standard InChI is InChI=1S/C25H27N3O2S.C13H14BrNO2.C12H14N2S.CH2O3.CH4.ClH.2K.H/c29-25-9-7-19-6-8-20(18-22(19)26-25)30-16-2-1-11-27-12-14-28(15-13-27)23-4-3-5-24-21(23)10-17-31-24;14-7-1-2-8-17-11-5-3-10-4-6-13(16)15-12(10)9-11;1-2-11(14-7-5-13-6-8-14)10-4-9-15-12(10)3-1;2-1-4-3;;;;;/h3-10,17-18H,1-2,11-16H2,(H,26,29);3-6,9H,1-2,7-8H2,(H,15,16);1-4,9,13H,5-8H2;1,3H;1H4;1H;;;/q;;;;;;2*+1;-1/p-1/i4D,5D,6D,7D,8D,9D,18D;3D,4D,5D,6D,9D;2D,3D;;;;;;. The number of aromatic amines is 2. The molecule has 8 aromatic rings. The van der Waals surface area contributed by atoms with Crippen molar-refractivity contribution in [2.75, 3.05) is 87.2 Å². The van der Waals surface area contributed by atoms with Crippen molar-refractivity contribution in [3.63, 3.8) is 0 Å². The predicted octanol–water partition coefficient (Wildman–Crippen LogP) is 3.73. The number of carbonyl (C=O) groups is 1. The number of nitrogens with one attached hydrogen (secondary N) is 3. The quantitative estimate of drug-likeness (QED) is 0.0365. The molecular formula is C52H62BrClK2N6O7S2. The van der Waals surface area contributed by atoms with Crippen molar-refractivity contribution in [2.24, 2.45) is 0 Å². The van der Waals surface area contributed by atoms with Gasteiger partial charge in [-0.1, -0.05) is 35.5 Å². The van der Waals surface area contributed by atoms with E-state index in [2.05, 4.69) is 50.8 Å². The zero-order chi connectivity index (χ0) is 58.8. The Kier molecular flexibility index (Phi) is 21.3. The van der Waals surface area contributed by atoms with Crippen LogP contribution in [0.1, 0.15) is 53.7 Å². The Labute approximate surface area is 544 Å².